The summed E-state index contributed by atoms with van der Waals surface area (Å²) in [5, 5.41) is 5.83. The summed E-state index contributed by atoms with van der Waals surface area (Å²) in [4.78, 5) is 18.5. The molecule has 0 bridgehead atoms. The topological polar surface area (TPSA) is 66.5 Å². The molecule has 0 spiro atoms. The number of nitrogens with one attached hydrogen (secondary N) is 2. The zero-order chi connectivity index (χ0) is 17.5. The maximum atomic E-state index is 12.0. The summed E-state index contributed by atoms with van der Waals surface area (Å²) in [7, 11) is 1.58. The van der Waals surface area contributed by atoms with Crippen LogP contribution in [0.15, 0.2) is 48.7 Å². The van der Waals surface area contributed by atoms with Crippen molar-refractivity contribution in [1.82, 2.24) is 15.6 Å². The Hall–Kier alpha value is -2.76. The number of rotatable bonds is 6. The molecule has 1 aliphatic rings. The Bertz CT molecular complexity index is 676. The van der Waals surface area contributed by atoms with E-state index in [0.717, 1.165) is 25.1 Å². The number of nitrogens with zero attached hydrogens (tertiary/aromatic N) is 2. The number of hydrogen-bond acceptors (Lipinski definition) is 4. The minimum Gasteiger partial charge on any atom is -0.481 e. The Morgan fingerprint density at radius 1 is 1.24 bits per heavy atom. The molecule has 2 heterocycles. The van der Waals surface area contributed by atoms with Gasteiger partial charge in [-0.3, -0.25) is 0 Å². The lowest BCUT2D eigenvalue weighted by atomic mass is 10.1. The fraction of sp³-hybridized carbons (Fsp3) is 0.368. The van der Waals surface area contributed by atoms with Gasteiger partial charge in [-0.05, 0) is 30.0 Å². The molecule has 6 nitrogen and oxygen atoms in total. The number of aromatic nitrogens is 1. The molecule has 0 radical (unpaired) electrons. The minimum absolute atomic E-state index is 0.144. The van der Waals surface area contributed by atoms with Crippen molar-refractivity contribution < 1.29 is 9.53 Å². The number of ether oxygens (including phenoxy) is 1. The normalized spacial score (nSPS) is 16.5. The van der Waals surface area contributed by atoms with E-state index in [0.29, 0.717) is 24.9 Å². The van der Waals surface area contributed by atoms with E-state index in [1.165, 1.54) is 5.69 Å². The van der Waals surface area contributed by atoms with Crippen LogP contribution in [0.1, 0.15) is 12.0 Å². The summed E-state index contributed by atoms with van der Waals surface area (Å²) in [6.07, 6.45) is 2.80. The van der Waals surface area contributed by atoms with Crippen molar-refractivity contribution in [1.29, 1.82) is 0 Å². The minimum atomic E-state index is -0.144. The standard InChI is InChI=1S/C19H24N4O2/c1-25-18-8-7-15(11-20-18)12-21-19(24)22-13-16-9-10-23(14-16)17-5-3-2-4-6-17/h2-8,11,16H,9-10,12-14H2,1H3,(H2,21,22,24). The molecule has 0 aliphatic carbocycles. The lowest BCUT2D eigenvalue weighted by Crippen LogP contribution is -2.38. The van der Waals surface area contributed by atoms with Gasteiger partial charge in [0.25, 0.3) is 0 Å². The first-order valence-electron chi connectivity index (χ1n) is 8.55. The maximum Gasteiger partial charge on any atom is 0.315 e. The summed E-state index contributed by atoms with van der Waals surface area (Å²) in [6, 6.07) is 13.9. The van der Waals surface area contributed by atoms with Crippen molar-refractivity contribution >= 4 is 11.7 Å². The van der Waals surface area contributed by atoms with Gasteiger partial charge in [-0.2, -0.15) is 0 Å². The van der Waals surface area contributed by atoms with Crippen LogP contribution in [0.3, 0.4) is 0 Å². The van der Waals surface area contributed by atoms with E-state index in [-0.39, 0.29) is 6.03 Å². The number of urea groups is 1. The van der Waals surface area contributed by atoms with E-state index in [9.17, 15) is 4.79 Å². The van der Waals surface area contributed by atoms with Gasteiger partial charge < -0.3 is 20.3 Å². The highest BCUT2D eigenvalue weighted by Gasteiger charge is 2.22. The van der Waals surface area contributed by atoms with Crippen molar-refractivity contribution in [3.63, 3.8) is 0 Å². The summed E-state index contributed by atoms with van der Waals surface area (Å²) < 4.78 is 5.02. The van der Waals surface area contributed by atoms with Gasteiger partial charge >= 0.3 is 6.03 Å². The molecule has 1 fully saturated rings. The van der Waals surface area contributed by atoms with Gasteiger partial charge in [0.05, 0.1) is 7.11 Å². The smallest absolute Gasteiger partial charge is 0.315 e. The third kappa shape index (κ3) is 4.86. The van der Waals surface area contributed by atoms with Crippen molar-refractivity contribution in [3.8, 4) is 5.88 Å². The molecule has 0 saturated carbocycles. The highest BCUT2D eigenvalue weighted by Crippen LogP contribution is 2.22. The summed E-state index contributed by atoms with van der Waals surface area (Å²) in [6.45, 7) is 3.15. The molecular formula is C19H24N4O2. The summed E-state index contributed by atoms with van der Waals surface area (Å²) in [5.41, 5.74) is 2.19. The molecule has 132 valence electrons. The first-order valence-corrected chi connectivity index (χ1v) is 8.55. The molecule has 1 aromatic carbocycles. The zero-order valence-electron chi connectivity index (χ0n) is 14.4. The SMILES string of the molecule is COc1ccc(CNC(=O)NCC2CCN(c3ccccc3)C2)cn1. The third-order valence-corrected chi connectivity index (χ3v) is 4.42. The van der Waals surface area contributed by atoms with Crippen LogP contribution in [0.5, 0.6) is 5.88 Å². The van der Waals surface area contributed by atoms with Crippen molar-refractivity contribution in [2.45, 2.75) is 13.0 Å². The number of anilines is 1. The average Bonchev–Trinajstić information content (AvgIpc) is 3.15. The average molecular weight is 340 g/mol. The van der Waals surface area contributed by atoms with Gasteiger partial charge in [-0.15, -0.1) is 0 Å². The van der Waals surface area contributed by atoms with Gasteiger partial charge in [0, 0.05) is 44.1 Å². The molecule has 25 heavy (non-hydrogen) atoms. The number of amides is 2. The van der Waals surface area contributed by atoms with Crippen LogP contribution in [-0.2, 0) is 6.54 Å². The monoisotopic (exact) mass is 340 g/mol. The zero-order valence-corrected chi connectivity index (χ0v) is 14.4. The van der Waals surface area contributed by atoms with Crippen LogP contribution in [0.25, 0.3) is 0 Å². The molecule has 3 rings (SSSR count). The van der Waals surface area contributed by atoms with E-state index in [1.807, 2.05) is 12.1 Å². The first kappa shape index (κ1) is 17.1. The third-order valence-electron chi connectivity index (χ3n) is 4.42. The fourth-order valence-corrected chi connectivity index (χ4v) is 2.99. The second-order valence-electron chi connectivity index (χ2n) is 6.21. The number of carbonyl (C=O) groups excluding carboxylic acids is 1. The highest BCUT2D eigenvalue weighted by atomic mass is 16.5. The number of para-hydroxylation sites is 1. The number of carbonyl (C=O) groups is 1. The summed E-state index contributed by atoms with van der Waals surface area (Å²) in [5.74, 6) is 1.05. The van der Waals surface area contributed by atoms with Gasteiger partial charge in [0.2, 0.25) is 5.88 Å². The molecule has 2 aromatic rings. The van der Waals surface area contributed by atoms with Crippen LogP contribution in [0.2, 0.25) is 0 Å². The summed E-state index contributed by atoms with van der Waals surface area (Å²) >= 11 is 0. The Labute approximate surface area is 148 Å². The molecule has 1 aromatic heterocycles. The number of pyridine rings is 1. The van der Waals surface area contributed by atoms with Crippen molar-refractivity contribution in [3.05, 3.63) is 54.2 Å². The van der Waals surface area contributed by atoms with Crippen LogP contribution < -0.4 is 20.3 Å². The van der Waals surface area contributed by atoms with E-state index >= 15 is 0 Å². The van der Waals surface area contributed by atoms with E-state index in [1.54, 1.807) is 19.4 Å². The lowest BCUT2D eigenvalue weighted by Gasteiger charge is -2.18. The molecule has 1 aliphatic heterocycles. The molecule has 2 amide bonds. The van der Waals surface area contributed by atoms with E-state index in [4.69, 9.17) is 4.74 Å². The number of hydrogen-bond donors (Lipinski definition) is 2. The van der Waals surface area contributed by atoms with Gasteiger partial charge in [0.15, 0.2) is 0 Å². The Morgan fingerprint density at radius 2 is 2.08 bits per heavy atom. The second-order valence-corrected chi connectivity index (χ2v) is 6.21. The molecule has 1 atom stereocenters. The second kappa shape index (κ2) is 8.37. The molecule has 1 saturated heterocycles. The van der Waals surface area contributed by atoms with Crippen LogP contribution in [-0.4, -0.2) is 37.8 Å². The van der Waals surface area contributed by atoms with Crippen LogP contribution in [0.4, 0.5) is 10.5 Å². The Balaban J connectivity index is 1.38. The predicted octanol–water partition coefficient (Wildman–Crippen LogP) is 2.42. The largest absolute Gasteiger partial charge is 0.481 e. The number of benzene rings is 1. The highest BCUT2D eigenvalue weighted by molar-refractivity contribution is 5.73. The number of methoxy groups -OCH3 is 1. The fourth-order valence-electron chi connectivity index (χ4n) is 2.99. The predicted molar refractivity (Wildman–Crippen MR) is 97.8 cm³/mol. The van der Waals surface area contributed by atoms with E-state index in [2.05, 4.69) is 44.8 Å². The van der Waals surface area contributed by atoms with Gasteiger partial charge in [0.1, 0.15) is 0 Å². The Morgan fingerprint density at radius 3 is 2.80 bits per heavy atom. The Kier molecular flexibility index (Phi) is 5.72. The van der Waals surface area contributed by atoms with Gasteiger partial charge in [-0.25, -0.2) is 9.78 Å². The molecule has 6 heteroatoms. The van der Waals surface area contributed by atoms with Crippen LogP contribution >= 0.6 is 0 Å². The molecule has 1 unspecified atom stereocenters. The lowest BCUT2D eigenvalue weighted by molar-refractivity contribution is 0.239. The van der Waals surface area contributed by atoms with Crippen LogP contribution in [0, 0.1) is 5.92 Å². The molecular weight excluding hydrogens is 316 g/mol. The van der Waals surface area contributed by atoms with Crippen molar-refractivity contribution in [2.24, 2.45) is 5.92 Å². The van der Waals surface area contributed by atoms with Gasteiger partial charge in [-0.1, -0.05) is 24.3 Å². The quantitative estimate of drug-likeness (QED) is 0.847. The van der Waals surface area contributed by atoms with E-state index < -0.39 is 0 Å². The molecule has 2 N–H and O–H groups in total. The van der Waals surface area contributed by atoms with Crippen molar-refractivity contribution in [2.75, 3.05) is 31.6 Å². The maximum absolute atomic E-state index is 12.0. The first-order chi connectivity index (χ1) is 12.2.